The smallest absolute Gasteiger partial charge is 0.276 e. The number of carbonyl (C=O) groups is 3. The fraction of sp³-hybridized carbons (Fsp3) is 0.368. The number of ether oxygens (including phenoxy) is 1. The zero-order valence-electron chi connectivity index (χ0n) is 32.2. The second kappa shape index (κ2) is 17.4. The molecule has 7 N–H and O–H groups in total. The van der Waals surface area contributed by atoms with Gasteiger partial charge in [0, 0.05) is 51.5 Å². The Kier molecular flexibility index (Phi) is 12.2. The van der Waals surface area contributed by atoms with Crippen LogP contribution in [-0.4, -0.2) is 75.4 Å². The summed E-state index contributed by atoms with van der Waals surface area (Å²) in [5.74, 6) is 6.73. The predicted molar refractivity (Wildman–Crippen MR) is 212 cm³/mol. The number of rotatable bonds is 16. The molecule has 2 amide bonds. The van der Waals surface area contributed by atoms with Gasteiger partial charge in [-0.2, -0.15) is 10.2 Å². The highest BCUT2D eigenvalue weighted by Crippen LogP contribution is 2.34. The zero-order valence-corrected chi connectivity index (χ0v) is 32.2. The van der Waals surface area contributed by atoms with E-state index in [4.69, 9.17) is 26.3 Å². The van der Waals surface area contributed by atoms with Crippen molar-refractivity contribution in [3.05, 3.63) is 82.6 Å². The van der Waals surface area contributed by atoms with Crippen molar-refractivity contribution in [2.45, 2.75) is 73.3 Å². The van der Waals surface area contributed by atoms with Crippen molar-refractivity contribution in [3.8, 4) is 5.75 Å². The number of primary amides is 1. The molecule has 1 aliphatic rings. The van der Waals surface area contributed by atoms with Gasteiger partial charge in [-0.3, -0.25) is 44.9 Å². The van der Waals surface area contributed by atoms with Crippen LogP contribution in [0.1, 0.15) is 75.0 Å². The summed E-state index contributed by atoms with van der Waals surface area (Å²) in [7, 11) is 1.79. The lowest BCUT2D eigenvalue weighted by Gasteiger charge is -2.12. The third-order valence-electron chi connectivity index (χ3n) is 9.19. The summed E-state index contributed by atoms with van der Waals surface area (Å²) >= 11 is 0. The Morgan fingerprint density at radius 2 is 1.62 bits per heavy atom. The maximum Gasteiger partial charge on any atom is 0.276 e. The van der Waals surface area contributed by atoms with Crippen molar-refractivity contribution >= 4 is 52.2 Å². The van der Waals surface area contributed by atoms with Gasteiger partial charge < -0.3 is 20.4 Å². The van der Waals surface area contributed by atoms with Crippen molar-refractivity contribution in [2.75, 3.05) is 24.3 Å². The Labute approximate surface area is 323 Å². The van der Waals surface area contributed by atoms with E-state index in [2.05, 4.69) is 31.2 Å². The van der Waals surface area contributed by atoms with Gasteiger partial charge >= 0.3 is 0 Å². The first kappa shape index (κ1) is 39.3. The van der Waals surface area contributed by atoms with Crippen LogP contribution >= 0.6 is 0 Å². The molecule has 0 aliphatic heterocycles. The molecule has 294 valence electrons. The van der Waals surface area contributed by atoms with Crippen molar-refractivity contribution in [3.63, 3.8) is 0 Å². The van der Waals surface area contributed by atoms with E-state index in [1.807, 2.05) is 55.0 Å². The topological polar surface area (TPSA) is 233 Å². The molecule has 0 radical (unpaired) electrons. The van der Waals surface area contributed by atoms with Crippen molar-refractivity contribution in [1.82, 2.24) is 49.1 Å². The quantitative estimate of drug-likeness (QED) is 0.0411. The number of benzene rings is 1. The number of imidazole rings is 2. The zero-order chi connectivity index (χ0) is 39.9. The molecule has 0 spiro atoms. The Bertz CT molecular complexity index is 2400. The molecule has 0 atom stereocenters. The first-order chi connectivity index (χ1) is 27.1. The van der Waals surface area contributed by atoms with Gasteiger partial charge in [-0.15, -0.1) is 0 Å². The molecule has 1 fully saturated rings. The Hall–Kier alpha value is -6.40. The van der Waals surface area contributed by atoms with Crippen LogP contribution in [0.15, 0.2) is 48.7 Å². The lowest BCUT2D eigenvalue weighted by atomic mass is 10.1. The molecule has 7 rings (SSSR count). The molecule has 5 aromatic heterocycles. The number of aldehydes is 1. The first-order valence-corrected chi connectivity index (χ1v) is 18.5. The number of fused-ring (bicyclic) bond motifs is 2. The number of nitrogens with two attached hydrogens (primary N) is 2. The highest BCUT2D eigenvalue weighted by Gasteiger charge is 2.24. The summed E-state index contributed by atoms with van der Waals surface area (Å²) in [6.07, 6.45) is 8.79. The second-order valence-corrected chi connectivity index (χ2v) is 13.4. The lowest BCUT2D eigenvalue weighted by Crippen LogP contribution is -2.20. The molecule has 18 nitrogen and oxygen atoms in total. The van der Waals surface area contributed by atoms with E-state index in [0.717, 1.165) is 48.1 Å². The number of nitrogens with zero attached hydrogens (tertiary/aromatic N) is 9. The summed E-state index contributed by atoms with van der Waals surface area (Å²) in [5.41, 5.74) is 14.8. The predicted octanol–water partition coefficient (Wildman–Crippen LogP) is 3.73. The van der Waals surface area contributed by atoms with Gasteiger partial charge in [0.05, 0.1) is 23.5 Å². The van der Waals surface area contributed by atoms with E-state index in [1.165, 1.54) is 0 Å². The number of anilines is 2. The number of hydrogen-bond acceptors (Lipinski definition) is 12. The third kappa shape index (κ3) is 8.76. The van der Waals surface area contributed by atoms with Crippen LogP contribution in [0.25, 0.3) is 22.2 Å². The van der Waals surface area contributed by atoms with E-state index in [-0.39, 0.29) is 5.91 Å². The average molecular weight is 765 g/mol. The Balaban J connectivity index is 0.000000463. The largest absolute Gasteiger partial charge is 0.491 e. The maximum absolute atomic E-state index is 13.3. The molecule has 56 heavy (non-hydrogen) atoms. The van der Waals surface area contributed by atoms with E-state index < -0.39 is 5.91 Å². The van der Waals surface area contributed by atoms with Gasteiger partial charge in [0.2, 0.25) is 17.8 Å². The number of hydrogen-bond donors (Lipinski definition) is 5. The summed E-state index contributed by atoms with van der Waals surface area (Å²) < 4.78 is 13.4. The molecule has 0 saturated heterocycles. The maximum atomic E-state index is 13.3. The van der Waals surface area contributed by atoms with Crippen molar-refractivity contribution < 1.29 is 19.1 Å². The minimum absolute atomic E-state index is 0.315. The number of allylic oxidation sites excluding steroid dienone is 2. The van der Waals surface area contributed by atoms with Crippen LogP contribution in [0, 0.1) is 19.8 Å². The van der Waals surface area contributed by atoms with E-state index in [0.29, 0.717) is 90.0 Å². The minimum Gasteiger partial charge on any atom is -0.491 e. The van der Waals surface area contributed by atoms with Crippen molar-refractivity contribution in [1.29, 1.82) is 0 Å². The molecular weight excluding hydrogens is 717 g/mol. The molecule has 0 bridgehead atoms. The van der Waals surface area contributed by atoms with Crippen LogP contribution in [-0.2, 0) is 32.7 Å². The van der Waals surface area contributed by atoms with Crippen LogP contribution in [0.2, 0.25) is 0 Å². The molecule has 1 aliphatic carbocycles. The molecule has 5 heterocycles. The van der Waals surface area contributed by atoms with E-state index >= 15 is 0 Å². The van der Waals surface area contributed by atoms with Gasteiger partial charge in [-0.05, 0) is 82.3 Å². The fourth-order valence-electron chi connectivity index (χ4n) is 6.29. The molecule has 1 saturated carbocycles. The highest BCUT2D eigenvalue weighted by molar-refractivity contribution is 6.03. The molecule has 18 heteroatoms. The standard InChI is InChI=1S/C31H38N12O3.C7H10N2O/c1-4-43-24(11-18(2)40-43)29(45)39-31-38-23-12-20(16-36-33)15-35-28(23)42(31)10-6-5-9-41-26-22(37-30(41)34-3)13-21(27(32)44)14-25(26)46-17-19-7-8-19;1-3-9-7(5-10)4-6(2)8-9/h5-6,11-15,19,36H,4,7-10,16-17,33H2,1-3H3,(H2,32,44)(H,34,37)(H,38,39,45);4-5H,3H2,1-2H3/b6-5+;. The molecular formula is C38H48N14O4. The third-order valence-corrected chi connectivity index (χ3v) is 9.19. The van der Waals surface area contributed by atoms with Gasteiger partial charge in [-0.1, -0.05) is 12.2 Å². The van der Waals surface area contributed by atoms with Crippen LogP contribution in [0.5, 0.6) is 5.75 Å². The lowest BCUT2D eigenvalue weighted by molar-refractivity contribution is 0.0995. The monoisotopic (exact) mass is 764 g/mol. The summed E-state index contributed by atoms with van der Waals surface area (Å²) in [6.45, 7) is 10.7. The summed E-state index contributed by atoms with van der Waals surface area (Å²) in [4.78, 5) is 49.8. The second-order valence-electron chi connectivity index (χ2n) is 13.4. The number of aryl methyl sites for hydroxylation is 4. The van der Waals surface area contributed by atoms with E-state index in [1.54, 1.807) is 46.9 Å². The van der Waals surface area contributed by atoms with Crippen LogP contribution in [0.4, 0.5) is 11.9 Å². The number of amides is 2. The Morgan fingerprint density at radius 3 is 2.27 bits per heavy atom. The minimum atomic E-state index is -0.539. The SMILES string of the molecule is CCn1nc(C)cc1C(=O)Nc1nc2cc(CNN)cnc2n1C/C=C/Cn1c(NC)nc2cc(C(N)=O)cc(OCC3CC3)c21.CCn1nc(C)cc1C=O. The summed E-state index contributed by atoms with van der Waals surface area (Å²) in [5, 5.41) is 14.6. The number of carbonyl (C=O) groups excluding carboxylic acids is 3. The molecule has 6 aromatic rings. The van der Waals surface area contributed by atoms with Gasteiger partial charge in [0.1, 0.15) is 28.2 Å². The average Bonchev–Trinajstić information content (AvgIpc) is 3.48. The highest BCUT2D eigenvalue weighted by atomic mass is 16.5. The van der Waals surface area contributed by atoms with Gasteiger partial charge in [-0.25, -0.2) is 15.0 Å². The van der Waals surface area contributed by atoms with Gasteiger partial charge in [0.25, 0.3) is 5.91 Å². The van der Waals surface area contributed by atoms with Crippen LogP contribution < -0.4 is 32.4 Å². The normalized spacial score (nSPS) is 12.6. The Morgan fingerprint density at radius 1 is 0.929 bits per heavy atom. The summed E-state index contributed by atoms with van der Waals surface area (Å²) in [6, 6.07) is 8.78. The molecule has 1 aromatic carbocycles. The first-order valence-electron chi connectivity index (χ1n) is 18.5. The van der Waals surface area contributed by atoms with Gasteiger partial charge in [0.15, 0.2) is 11.9 Å². The number of nitrogens with one attached hydrogen (secondary N) is 3. The fourth-order valence-corrected chi connectivity index (χ4v) is 6.29. The van der Waals surface area contributed by atoms with Crippen molar-refractivity contribution in [2.24, 2.45) is 17.5 Å². The molecule has 0 unspecified atom stereocenters. The number of pyridine rings is 1. The van der Waals surface area contributed by atoms with Crippen LogP contribution in [0.3, 0.4) is 0 Å². The number of aromatic nitrogens is 9. The van der Waals surface area contributed by atoms with E-state index in [9.17, 15) is 14.4 Å². The number of hydrazine groups is 1.